The number of benzene rings is 1. The Morgan fingerprint density at radius 3 is 2.04 bits per heavy atom. The first kappa shape index (κ1) is 19.2. The molecule has 2 amide bonds. The van der Waals surface area contributed by atoms with Gasteiger partial charge in [-0.15, -0.1) is 0 Å². The summed E-state index contributed by atoms with van der Waals surface area (Å²) < 4.78 is 29.2. The van der Waals surface area contributed by atoms with Crippen LogP contribution < -0.4 is 0 Å². The van der Waals surface area contributed by atoms with Crippen LogP contribution in [0.3, 0.4) is 0 Å². The summed E-state index contributed by atoms with van der Waals surface area (Å²) in [7, 11) is -3.35. The van der Waals surface area contributed by atoms with Crippen LogP contribution in [0, 0.1) is 0 Å². The fourth-order valence-corrected chi connectivity index (χ4v) is 3.61. The van der Waals surface area contributed by atoms with Crippen LogP contribution in [0.2, 0.25) is 0 Å². The standard InChI is InChI=1S/C17H24N2O5S/c1-4-24-17(21)19-11-9-18(10-12-19)16(20)14-5-7-15(8-6-14)25(22,23)13(2)3/h5-8,13H,4,9-12H2,1-3H3. The number of nitrogens with zero attached hydrogens (tertiary/aromatic N) is 2. The normalized spacial score (nSPS) is 15.4. The molecule has 0 atom stereocenters. The zero-order valence-corrected chi connectivity index (χ0v) is 15.6. The summed E-state index contributed by atoms with van der Waals surface area (Å²) in [6.45, 7) is 7.00. The molecule has 0 spiro atoms. The van der Waals surface area contributed by atoms with Gasteiger partial charge in [0.2, 0.25) is 0 Å². The Labute approximate surface area is 148 Å². The predicted molar refractivity (Wildman–Crippen MR) is 93.3 cm³/mol. The van der Waals surface area contributed by atoms with Crippen molar-refractivity contribution in [3.05, 3.63) is 29.8 Å². The number of ether oxygens (including phenoxy) is 1. The Bertz CT molecular complexity index is 720. The lowest BCUT2D eigenvalue weighted by molar-refractivity contribution is 0.0570. The molecule has 0 saturated carbocycles. The van der Waals surface area contributed by atoms with Crippen LogP contribution in [0.5, 0.6) is 0 Å². The molecular formula is C17H24N2O5S. The van der Waals surface area contributed by atoms with Gasteiger partial charge in [-0.3, -0.25) is 4.79 Å². The molecule has 0 aliphatic carbocycles. The van der Waals surface area contributed by atoms with E-state index in [0.717, 1.165) is 0 Å². The molecule has 0 radical (unpaired) electrons. The molecule has 0 N–H and O–H groups in total. The van der Waals surface area contributed by atoms with E-state index in [2.05, 4.69) is 0 Å². The second-order valence-corrected chi connectivity index (χ2v) is 8.60. The molecule has 0 unspecified atom stereocenters. The molecule has 1 aromatic rings. The molecule has 1 aromatic carbocycles. The molecule has 0 aromatic heterocycles. The fraction of sp³-hybridized carbons (Fsp3) is 0.529. The molecule has 8 heteroatoms. The monoisotopic (exact) mass is 368 g/mol. The minimum Gasteiger partial charge on any atom is -0.450 e. The number of sulfone groups is 1. The van der Waals surface area contributed by atoms with Crippen molar-refractivity contribution in [2.24, 2.45) is 0 Å². The van der Waals surface area contributed by atoms with Crippen LogP contribution in [-0.4, -0.2) is 68.3 Å². The number of hydrogen-bond donors (Lipinski definition) is 0. The van der Waals surface area contributed by atoms with E-state index in [1.807, 2.05) is 0 Å². The van der Waals surface area contributed by atoms with Crippen molar-refractivity contribution in [2.45, 2.75) is 30.9 Å². The number of carbonyl (C=O) groups excluding carboxylic acids is 2. The lowest BCUT2D eigenvalue weighted by Crippen LogP contribution is -2.50. The first-order chi connectivity index (χ1) is 11.8. The summed E-state index contributed by atoms with van der Waals surface area (Å²) in [4.78, 5) is 27.7. The molecule has 2 rings (SSSR count). The van der Waals surface area contributed by atoms with E-state index < -0.39 is 15.1 Å². The van der Waals surface area contributed by atoms with Crippen molar-refractivity contribution in [3.8, 4) is 0 Å². The van der Waals surface area contributed by atoms with Gasteiger partial charge in [-0.25, -0.2) is 13.2 Å². The van der Waals surface area contributed by atoms with Crippen LogP contribution >= 0.6 is 0 Å². The van der Waals surface area contributed by atoms with Crippen LogP contribution in [0.1, 0.15) is 31.1 Å². The number of hydrogen-bond acceptors (Lipinski definition) is 5. The zero-order chi connectivity index (χ0) is 18.6. The molecule has 0 bridgehead atoms. The van der Waals surface area contributed by atoms with Gasteiger partial charge in [-0.05, 0) is 45.0 Å². The molecule has 1 aliphatic heterocycles. The average Bonchev–Trinajstić information content (AvgIpc) is 2.61. The maximum atomic E-state index is 12.5. The van der Waals surface area contributed by atoms with E-state index in [0.29, 0.717) is 38.3 Å². The lowest BCUT2D eigenvalue weighted by Gasteiger charge is -2.34. The molecule has 138 valence electrons. The van der Waals surface area contributed by atoms with Crippen molar-refractivity contribution in [1.29, 1.82) is 0 Å². The summed E-state index contributed by atoms with van der Waals surface area (Å²) in [6, 6.07) is 6.01. The number of piperazine rings is 1. The van der Waals surface area contributed by atoms with Gasteiger partial charge in [0.15, 0.2) is 9.84 Å². The summed E-state index contributed by atoms with van der Waals surface area (Å²) in [6.07, 6.45) is -0.363. The minimum absolute atomic E-state index is 0.169. The fourth-order valence-electron chi connectivity index (χ4n) is 2.55. The van der Waals surface area contributed by atoms with Crippen molar-refractivity contribution in [3.63, 3.8) is 0 Å². The van der Waals surface area contributed by atoms with E-state index in [9.17, 15) is 18.0 Å². The van der Waals surface area contributed by atoms with Gasteiger partial charge in [0, 0.05) is 31.7 Å². The molecule has 1 heterocycles. The second-order valence-electron chi connectivity index (χ2n) is 6.10. The summed E-state index contributed by atoms with van der Waals surface area (Å²) in [5.41, 5.74) is 0.437. The van der Waals surface area contributed by atoms with Crippen LogP contribution in [-0.2, 0) is 14.6 Å². The third kappa shape index (κ3) is 4.31. The molecule has 25 heavy (non-hydrogen) atoms. The van der Waals surface area contributed by atoms with Gasteiger partial charge in [0.1, 0.15) is 0 Å². The van der Waals surface area contributed by atoms with Gasteiger partial charge in [0.25, 0.3) is 5.91 Å². The molecule has 1 fully saturated rings. The minimum atomic E-state index is -3.35. The Kier molecular flexibility index (Phi) is 6.05. The van der Waals surface area contributed by atoms with Gasteiger partial charge in [-0.1, -0.05) is 0 Å². The highest BCUT2D eigenvalue weighted by atomic mass is 32.2. The second kappa shape index (κ2) is 7.86. The Morgan fingerprint density at radius 1 is 1.04 bits per heavy atom. The van der Waals surface area contributed by atoms with Crippen LogP contribution in [0.15, 0.2) is 29.2 Å². The predicted octanol–water partition coefficient (Wildman–Crippen LogP) is 1.78. The average molecular weight is 368 g/mol. The molecule has 1 saturated heterocycles. The van der Waals surface area contributed by atoms with Crippen molar-refractivity contribution >= 4 is 21.8 Å². The van der Waals surface area contributed by atoms with E-state index in [1.54, 1.807) is 30.6 Å². The lowest BCUT2D eigenvalue weighted by atomic mass is 10.2. The highest BCUT2D eigenvalue weighted by molar-refractivity contribution is 7.92. The van der Waals surface area contributed by atoms with E-state index in [1.165, 1.54) is 24.3 Å². The largest absolute Gasteiger partial charge is 0.450 e. The Morgan fingerprint density at radius 2 is 1.56 bits per heavy atom. The third-order valence-corrected chi connectivity index (χ3v) is 6.31. The summed E-state index contributed by atoms with van der Waals surface area (Å²) in [5, 5.41) is -0.509. The van der Waals surface area contributed by atoms with E-state index >= 15 is 0 Å². The Hall–Kier alpha value is -2.09. The first-order valence-electron chi connectivity index (χ1n) is 8.32. The highest BCUT2D eigenvalue weighted by Gasteiger charge is 2.26. The van der Waals surface area contributed by atoms with Crippen LogP contribution in [0.4, 0.5) is 4.79 Å². The van der Waals surface area contributed by atoms with Gasteiger partial charge in [-0.2, -0.15) is 0 Å². The summed E-state index contributed by atoms with van der Waals surface area (Å²) >= 11 is 0. The van der Waals surface area contributed by atoms with E-state index in [4.69, 9.17) is 4.74 Å². The van der Waals surface area contributed by atoms with Crippen LogP contribution in [0.25, 0.3) is 0 Å². The highest BCUT2D eigenvalue weighted by Crippen LogP contribution is 2.18. The molecular weight excluding hydrogens is 344 g/mol. The van der Waals surface area contributed by atoms with Crippen molar-refractivity contribution in [2.75, 3.05) is 32.8 Å². The quantitative estimate of drug-likeness (QED) is 0.809. The van der Waals surface area contributed by atoms with E-state index in [-0.39, 0.29) is 16.9 Å². The third-order valence-electron chi connectivity index (χ3n) is 4.14. The van der Waals surface area contributed by atoms with Crippen molar-refractivity contribution < 1.29 is 22.7 Å². The Balaban J connectivity index is 2.01. The van der Waals surface area contributed by atoms with Gasteiger partial charge >= 0.3 is 6.09 Å². The topological polar surface area (TPSA) is 84.0 Å². The number of rotatable bonds is 4. The molecule has 1 aliphatic rings. The zero-order valence-electron chi connectivity index (χ0n) is 14.8. The summed E-state index contributed by atoms with van der Waals surface area (Å²) in [5.74, 6) is -0.169. The van der Waals surface area contributed by atoms with Gasteiger partial charge < -0.3 is 14.5 Å². The van der Waals surface area contributed by atoms with Crippen molar-refractivity contribution in [1.82, 2.24) is 9.80 Å². The number of amides is 2. The molecule has 7 nitrogen and oxygen atoms in total. The first-order valence-corrected chi connectivity index (χ1v) is 9.87. The maximum absolute atomic E-state index is 12.5. The smallest absolute Gasteiger partial charge is 0.409 e. The maximum Gasteiger partial charge on any atom is 0.409 e. The van der Waals surface area contributed by atoms with Gasteiger partial charge in [0.05, 0.1) is 16.8 Å². The number of carbonyl (C=O) groups is 2. The SMILES string of the molecule is CCOC(=O)N1CCN(C(=O)c2ccc(S(=O)(=O)C(C)C)cc2)CC1.